The van der Waals surface area contributed by atoms with Crippen molar-refractivity contribution in [3.63, 3.8) is 0 Å². The Balaban J connectivity index is 2.58. The first-order valence-electron chi connectivity index (χ1n) is 7.07. The second-order valence-electron chi connectivity index (χ2n) is 5.10. The van der Waals surface area contributed by atoms with Crippen LogP contribution in [-0.4, -0.2) is 25.2 Å². The molecule has 0 radical (unpaired) electrons. The predicted octanol–water partition coefficient (Wildman–Crippen LogP) is 3.01. The van der Waals surface area contributed by atoms with Crippen molar-refractivity contribution in [1.29, 1.82) is 0 Å². The highest BCUT2D eigenvalue weighted by Crippen LogP contribution is 2.40. The Labute approximate surface area is 115 Å². The molecule has 0 saturated heterocycles. The summed E-state index contributed by atoms with van der Waals surface area (Å²) in [5, 5.41) is 0. The Kier molecular flexibility index (Phi) is 6.60. The van der Waals surface area contributed by atoms with Crippen molar-refractivity contribution in [2.24, 2.45) is 5.41 Å². The highest BCUT2D eigenvalue weighted by Gasteiger charge is 2.29. The van der Waals surface area contributed by atoms with Crippen LogP contribution in [0.4, 0.5) is 0 Å². The van der Waals surface area contributed by atoms with E-state index in [9.17, 15) is 9.59 Å². The molecule has 0 N–H and O–H groups in total. The molecule has 108 valence electrons. The number of esters is 2. The molecule has 0 amide bonds. The van der Waals surface area contributed by atoms with Crippen molar-refractivity contribution in [1.82, 2.24) is 0 Å². The average molecular weight is 268 g/mol. The van der Waals surface area contributed by atoms with Gasteiger partial charge < -0.3 is 9.47 Å². The maximum atomic E-state index is 11.4. The summed E-state index contributed by atoms with van der Waals surface area (Å²) >= 11 is 0. The third kappa shape index (κ3) is 5.90. The van der Waals surface area contributed by atoms with Crippen LogP contribution in [0, 0.1) is 5.41 Å². The summed E-state index contributed by atoms with van der Waals surface area (Å²) in [6.07, 6.45) is 9.93. The molecule has 0 atom stereocenters. The van der Waals surface area contributed by atoms with E-state index in [-0.39, 0.29) is 17.4 Å². The summed E-state index contributed by atoms with van der Waals surface area (Å²) in [6, 6.07) is 0. The molecule has 1 rings (SSSR count). The Morgan fingerprint density at radius 3 is 2.42 bits per heavy atom. The van der Waals surface area contributed by atoms with Crippen LogP contribution in [0.2, 0.25) is 0 Å². The van der Waals surface area contributed by atoms with Crippen LogP contribution in [0.5, 0.6) is 0 Å². The quantitative estimate of drug-likeness (QED) is 0.549. The highest BCUT2D eigenvalue weighted by molar-refractivity contribution is 5.82. The summed E-state index contributed by atoms with van der Waals surface area (Å²) < 4.78 is 9.94. The SMILES string of the molecule is CCOC(=O)/C=C/C1(CCOC(C)=O)CCCCC1. The van der Waals surface area contributed by atoms with Gasteiger partial charge in [-0.15, -0.1) is 0 Å². The minimum absolute atomic E-state index is 0.0134. The molecule has 0 spiro atoms. The largest absolute Gasteiger partial charge is 0.466 e. The van der Waals surface area contributed by atoms with Gasteiger partial charge in [0.25, 0.3) is 0 Å². The van der Waals surface area contributed by atoms with E-state index in [1.54, 1.807) is 6.92 Å². The summed E-state index contributed by atoms with van der Waals surface area (Å²) in [7, 11) is 0. The van der Waals surface area contributed by atoms with Gasteiger partial charge in [0.05, 0.1) is 13.2 Å². The van der Waals surface area contributed by atoms with E-state index in [2.05, 4.69) is 0 Å². The smallest absolute Gasteiger partial charge is 0.330 e. The van der Waals surface area contributed by atoms with Gasteiger partial charge in [-0.3, -0.25) is 4.79 Å². The van der Waals surface area contributed by atoms with Gasteiger partial charge in [-0.2, -0.15) is 0 Å². The van der Waals surface area contributed by atoms with E-state index >= 15 is 0 Å². The lowest BCUT2D eigenvalue weighted by Gasteiger charge is -2.34. The van der Waals surface area contributed by atoms with Crippen molar-refractivity contribution in [2.45, 2.75) is 52.4 Å². The maximum Gasteiger partial charge on any atom is 0.330 e. The van der Waals surface area contributed by atoms with E-state index in [1.165, 1.54) is 19.4 Å². The molecule has 4 heteroatoms. The molecule has 1 aliphatic carbocycles. The molecule has 0 unspecified atom stereocenters. The third-order valence-electron chi connectivity index (χ3n) is 3.61. The van der Waals surface area contributed by atoms with E-state index in [4.69, 9.17) is 9.47 Å². The fourth-order valence-electron chi connectivity index (χ4n) is 2.59. The Morgan fingerprint density at radius 2 is 1.84 bits per heavy atom. The van der Waals surface area contributed by atoms with E-state index in [0.717, 1.165) is 32.1 Å². The minimum Gasteiger partial charge on any atom is -0.466 e. The lowest BCUT2D eigenvalue weighted by molar-refractivity contribution is -0.142. The Morgan fingerprint density at radius 1 is 1.16 bits per heavy atom. The number of hydrogen-bond donors (Lipinski definition) is 0. The summed E-state index contributed by atoms with van der Waals surface area (Å²) in [4.78, 5) is 22.2. The second-order valence-corrected chi connectivity index (χ2v) is 5.10. The first-order chi connectivity index (χ1) is 9.08. The van der Waals surface area contributed by atoms with E-state index in [1.807, 2.05) is 6.08 Å². The van der Waals surface area contributed by atoms with Gasteiger partial charge in [0.2, 0.25) is 0 Å². The second kappa shape index (κ2) is 7.97. The molecule has 0 aromatic rings. The van der Waals surface area contributed by atoms with Gasteiger partial charge in [-0.1, -0.05) is 25.3 Å². The van der Waals surface area contributed by atoms with Crippen molar-refractivity contribution >= 4 is 11.9 Å². The molecule has 0 heterocycles. The van der Waals surface area contributed by atoms with Gasteiger partial charge in [0.15, 0.2) is 0 Å². The number of rotatable bonds is 6. The molecule has 0 bridgehead atoms. The van der Waals surface area contributed by atoms with Crippen molar-refractivity contribution in [2.75, 3.05) is 13.2 Å². The minimum atomic E-state index is -0.292. The molecule has 0 aliphatic heterocycles. The standard InChI is InChI=1S/C15H24O4/c1-3-18-14(17)7-10-15(8-5-4-6-9-15)11-12-19-13(2)16/h7,10H,3-6,8-9,11-12H2,1-2H3/b10-7+. The topological polar surface area (TPSA) is 52.6 Å². The fraction of sp³-hybridized carbons (Fsp3) is 0.733. The summed E-state index contributed by atoms with van der Waals surface area (Å²) in [5.74, 6) is -0.541. The fourth-order valence-corrected chi connectivity index (χ4v) is 2.59. The normalized spacial score (nSPS) is 18.2. The van der Waals surface area contributed by atoms with Crippen LogP contribution in [0.15, 0.2) is 12.2 Å². The summed E-state index contributed by atoms with van der Waals surface area (Å²) in [6.45, 7) is 4.02. The van der Waals surface area contributed by atoms with Crippen LogP contribution in [0.1, 0.15) is 52.4 Å². The zero-order chi connectivity index (χ0) is 14.1. The van der Waals surface area contributed by atoms with Gasteiger partial charge in [-0.25, -0.2) is 4.79 Å². The first-order valence-corrected chi connectivity index (χ1v) is 7.07. The van der Waals surface area contributed by atoms with Gasteiger partial charge >= 0.3 is 11.9 Å². The van der Waals surface area contributed by atoms with Crippen LogP contribution < -0.4 is 0 Å². The van der Waals surface area contributed by atoms with Crippen LogP contribution in [0.25, 0.3) is 0 Å². The lowest BCUT2D eigenvalue weighted by atomic mass is 9.72. The monoisotopic (exact) mass is 268 g/mol. The van der Waals surface area contributed by atoms with E-state index in [0.29, 0.717) is 13.2 Å². The van der Waals surface area contributed by atoms with Crippen molar-refractivity contribution < 1.29 is 19.1 Å². The molecule has 0 aromatic heterocycles. The lowest BCUT2D eigenvalue weighted by Crippen LogP contribution is -2.24. The molecule has 0 aromatic carbocycles. The van der Waals surface area contributed by atoms with Crippen LogP contribution in [-0.2, 0) is 19.1 Å². The van der Waals surface area contributed by atoms with Gasteiger partial charge in [-0.05, 0) is 31.6 Å². The first kappa shape index (κ1) is 15.7. The molecular formula is C15H24O4. The van der Waals surface area contributed by atoms with Crippen molar-refractivity contribution in [3.05, 3.63) is 12.2 Å². The number of ether oxygens (including phenoxy) is 2. The summed E-state index contributed by atoms with van der Waals surface area (Å²) in [5.41, 5.74) is -0.0134. The van der Waals surface area contributed by atoms with Gasteiger partial charge in [0, 0.05) is 13.0 Å². The molecule has 19 heavy (non-hydrogen) atoms. The number of allylic oxidation sites excluding steroid dienone is 1. The molecule has 1 saturated carbocycles. The molecule has 4 nitrogen and oxygen atoms in total. The average Bonchev–Trinajstić information content (AvgIpc) is 2.38. The number of carbonyl (C=O) groups is 2. The zero-order valence-corrected chi connectivity index (χ0v) is 11.9. The van der Waals surface area contributed by atoms with Crippen molar-refractivity contribution in [3.8, 4) is 0 Å². The van der Waals surface area contributed by atoms with Crippen LogP contribution >= 0.6 is 0 Å². The molecule has 1 aliphatic rings. The number of hydrogen-bond acceptors (Lipinski definition) is 4. The maximum absolute atomic E-state index is 11.4. The van der Waals surface area contributed by atoms with Gasteiger partial charge in [0.1, 0.15) is 0 Å². The molecular weight excluding hydrogens is 244 g/mol. The van der Waals surface area contributed by atoms with Crippen LogP contribution in [0.3, 0.4) is 0 Å². The molecule has 1 fully saturated rings. The predicted molar refractivity (Wildman–Crippen MR) is 72.5 cm³/mol. The van der Waals surface area contributed by atoms with E-state index < -0.39 is 0 Å². The third-order valence-corrected chi connectivity index (χ3v) is 3.61. The highest BCUT2D eigenvalue weighted by atomic mass is 16.5. The number of carbonyl (C=O) groups excluding carboxylic acids is 2. The zero-order valence-electron chi connectivity index (χ0n) is 11.9. The Hall–Kier alpha value is -1.32. The Bertz CT molecular complexity index is 327.